The minimum atomic E-state index is -3.71. The van der Waals surface area contributed by atoms with Crippen LogP contribution in [0.15, 0.2) is 29.4 Å². The molecule has 10 nitrogen and oxygen atoms in total. The fourth-order valence-electron chi connectivity index (χ4n) is 3.48. The van der Waals surface area contributed by atoms with Crippen LogP contribution in [0.4, 0.5) is 5.69 Å². The summed E-state index contributed by atoms with van der Waals surface area (Å²) < 4.78 is 38.9. The number of nitrogens with one attached hydrogen (secondary N) is 1. The van der Waals surface area contributed by atoms with Crippen molar-refractivity contribution in [2.24, 2.45) is 13.0 Å². The molecule has 0 saturated carbocycles. The Bertz CT molecular complexity index is 1080. The third kappa shape index (κ3) is 5.28. The first-order valence-corrected chi connectivity index (χ1v) is 11.7. The minimum absolute atomic E-state index is 0.00164. The Kier molecular flexibility index (Phi) is 7.19. The molecule has 11 heteroatoms. The summed E-state index contributed by atoms with van der Waals surface area (Å²) >= 11 is 0. The normalized spacial score (nSPS) is 15.4. The Labute approximate surface area is 187 Å². The second kappa shape index (κ2) is 9.70. The molecule has 1 aromatic carbocycles. The van der Waals surface area contributed by atoms with Crippen molar-refractivity contribution in [3.8, 4) is 5.75 Å². The first kappa shape index (κ1) is 23.7. The lowest BCUT2D eigenvalue weighted by atomic mass is 9.98. The van der Waals surface area contributed by atoms with E-state index in [4.69, 9.17) is 9.47 Å². The number of anilines is 1. The van der Waals surface area contributed by atoms with Gasteiger partial charge in [-0.3, -0.25) is 9.59 Å². The number of carbonyl (C=O) groups excluding carboxylic acids is 2. The number of hydrogen-bond acceptors (Lipinski definition) is 7. The molecule has 0 radical (unpaired) electrons. The zero-order valence-electron chi connectivity index (χ0n) is 18.6. The number of ether oxygens (including phenoxy) is 2. The van der Waals surface area contributed by atoms with Gasteiger partial charge in [0.1, 0.15) is 11.6 Å². The Hall–Kier alpha value is -2.92. The lowest BCUT2D eigenvalue weighted by molar-refractivity contribution is -0.152. The molecule has 0 unspecified atom stereocenters. The lowest BCUT2D eigenvalue weighted by Gasteiger charge is -2.29. The predicted octanol–water partition coefficient (Wildman–Crippen LogP) is 1.63. The van der Waals surface area contributed by atoms with Crippen LogP contribution in [0.1, 0.15) is 24.2 Å². The highest BCUT2D eigenvalue weighted by molar-refractivity contribution is 7.89. The Morgan fingerprint density at radius 2 is 1.91 bits per heavy atom. The third-order valence-electron chi connectivity index (χ3n) is 5.45. The number of piperidine rings is 1. The summed E-state index contributed by atoms with van der Waals surface area (Å²) in [5.74, 6) is -0.348. The van der Waals surface area contributed by atoms with Gasteiger partial charge in [0, 0.05) is 26.3 Å². The van der Waals surface area contributed by atoms with Crippen LogP contribution >= 0.6 is 0 Å². The third-order valence-corrected chi connectivity index (χ3v) is 7.22. The van der Waals surface area contributed by atoms with Gasteiger partial charge in [0.15, 0.2) is 11.6 Å². The van der Waals surface area contributed by atoms with Gasteiger partial charge in [0.2, 0.25) is 0 Å². The summed E-state index contributed by atoms with van der Waals surface area (Å²) in [7, 11) is -0.477. The highest BCUT2D eigenvalue weighted by Crippen LogP contribution is 2.26. The lowest BCUT2D eigenvalue weighted by Crippen LogP contribution is -2.41. The Morgan fingerprint density at radius 1 is 1.22 bits per heavy atom. The van der Waals surface area contributed by atoms with Crippen LogP contribution in [-0.2, 0) is 31.4 Å². The molecule has 174 valence electrons. The van der Waals surface area contributed by atoms with E-state index >= 15 is 0 Å². The molecule has 0 aliphatic carbocycles. The van der Waals surface area contributed by atoms with Gasteiger partial charge in [0.25, 0.3) is 15.9 Å². The van der Waals surface area contributed by atoms with Crippen LogP contribution in [0.25, 0.3) is 0 Å². The van der Waals surface area contributed by atoms with Crippen molar-refractivity contribution < 1.29 is 27.5 Å². The maximum atomic E-state index is 12.8. The summed E-state index contributed by atoms with van der Waals surface area (Å²) in [5, 5.41) is 2.68. The van der Waals surface area contributed by atoms with Crippen LogP contribution in [0.2, 0.25) is 0 Å². The van der Waals surface area contributed by atoms with Gasteiger partial charge in [-0.05, 0) is 44.4 Å². The molecular formula is C21H28N4O6S. The van der Waals surface area contributed by atoms with Crippen molar-refractivity contribution in [3.05, 3.63) is 35.8 Å². The molecule has 32 heavy (non-hydrogen) atoms. The topological polar surface area (TPSA) is 120 Å². The Balaban J connectivity index is 1.50. The summed E-state index contributed by atoms with van der Waals surface area (Å²) in [6, 6.07) is 5.36. The number of rotatable bonds is 7. The van der Waals surface area contributed by atoms with E-state index in [0.717, 1.165) is 5.56 Å². The van der Waals surface area contributed by atoms with Crippen molar-refractivity contribution in [2.75, 3.05) is 32.1 Å². The first-order chi connectivity index (χ1) is 15.1. The summed E-state index contributed by atoms with van der Waals surface area (Å²) in [4.78, 5) is 28.7. The largest absolute Gasteiger partial charge is 0.495 e. The van der Waals surface area contributed by atoms with Crippen LogP contribution < -0.4 is 10.1 Å². The number of benzene rings is 1. The minimum Gasteiger partial charge on any atom is -0.495 e. The number of methoxy groups -OCH3 is 1. The number of esters is 1. The van der Waals surface area contributed by atoms with Gasteiger partial charge in [0.05, 0.1) is 18.7 Å². The quantitative estimate of drug-likeness (QED) is 0.619. The van der Waals surface area contributed by atoms with E-state index in [2.05, 4.69) is 10.3 Å². The highest BCUT2D eigenvalue weighted by atomic mass is 32.2. The predicted molar refractivity (Wildman–Crippen MR) is 117 cm³/mol. The van der Waals surface area contributed by atoms with Crippen LogP contribution in [0.3, 0.4) is 0 Å². The average Bonchev–Trinajstić information content (AvgIpc) is 3.11. The summed E-state index contributed by atoms with van der Waals surface area (Å²) in [6.45, 7) is 3.56. The van der Waals surface area contributed by atoms with Gasteiger partial charge in [-0.2, -0.15) is 4.31 Å². The van der Waals surface area contributed by atoms with Crippen LogP contribution in [0.5, 0.6) is 5.75 Å². The molecule has 2 aromatic rings. The molecule has 1 aromatic heterocycles. The molecule has 0 spiro atoms. The molecule has 3 rings (SSSR count). The van der Waals surface area contributed by atoms with E-state index in [0.29, 0.717) is 30.1 Å². The molecule has 1 fully saturated rings. The second-order valence-corrected chi connectivity index (χ2v) is 9.66. The second-order valence-electron chi connectivity index (χ2n) is 7.78. The van der Waals surface area contributed by atoms with Crippen LogP contribution in [0, 0.1) is 19.8 Å². The highest BCUT2D eigenvalue weighted by Gasteiger charge is 2.34. The smallest absolute Gasteiger partial charge is 0.309 e. The van der Waals surface area contributed by atoms with Crippen molar-refractivity contribution in [3.63, 3.8) is 0 Å². The molecule has 1 amide bonds. The number of sulfonamides is 1. The molecule has 1 aliphatic rings. The van der Waals surface area contributed by atoms with E-state index in [1.165, 1.54) is 17.6 Å². The SMILES string of the molecule is COc1ccc(C)cc1NC(=O)COC(=O)C1CCN(S(=O)(=O)c2cn(C)c(C)n2)CC1. The van der Waals surface area contributed by atoms with Crippen molar-refractivity contribution in [1.29, 1.82) is 0 Å². The van der Waals surface area contributed by atoms with E-state index in [1.54, 1.807) is 30.7 Å². The molecule has 1 saturated heterocycles. The number of carbonyl (C=O) groups is 2. The van der Waals surface area contributed by atoms with E-state index < -0.39 is 34.4 Å². The maximum Gasteiger partial charge on any atom is 0.309 e. The maximum absolute atomic E-state index is 12.8. The van der Waals surface area contributed by atoms with E-state index in [1.807, 2.05) is 13.0 Å². The number of amides is 1. The number of hydrogen-bond donors (Lipinski definition) is 1. The van der Waals surface area contributed by atoms with Gasteiger partial charge in [-0.25, -0.2) is 13.4 Å². The van der Waals surface area contributed by atoms with Crippen molar-refractivity contribution >= 4 is 27.6 Å². The van der Waals surface area contributed by atoms with Crippen molar-refractivity contribution in [2.45, 2.75) is 31.7 Å². The van der Waals surface area contributed by atoms with Gasteiger partial charge in [-0.15, -0.1) is 0 Å². The van der Waals surface area contributed by atoms with E-state index in [9.17, 15) is 18.0 Å². The Morgan fingerprint density at radius 3 is 2.50 bits per heavy atom. The molecule has 0 atom stereocenters. The summed E-state index contributed by atoms with van der Waals surface area (Å²) in [5.41, 5.74) is 1.44. The monoisotopic (exact) mass is 464 g/mol. The molecular weight excluding hydrogens is 436 g/mol. The molecule has 1 N–H and O–H groups in total. The van der Waals surface area contributed by atoms with Gasteiger partial charge in [-0.1, -0.05) is 6.07 Å². The fraction of sp³-hybridized carbons (Fsp3) is 0.476. The molecule has 1 aliphatic heterocycles. The summed E-state index contributed by atoms with van der Waals surface area (Å²) in [6.07, 6.45) is 2.11. The molecule has 0 bridgehead atoms. The number of aryl methyl sites for hydroxylation is 3. The van der Waals surface area contributed by atoms with Gasteiger partial charge < -0.3 is 19.4 Å². The van der Waals surface area contributed by atoms with Crippen molar-refractivity contribution in [1.82, 2.24) is 13.9 Å². The zero-order chi connectivity index (χ0) is 23.5. The number of imidazole rings is 1. The zero-order valence-corrected chi connectivity index (χ0v) is 19.4. The molecule has 2 heterocycles. The standard InChI is InChI=1S/C21H28N4O6S/c1-14-5-6-18(30-4)17(11-14)23-19(26)13-31-21(27)16-7-9-25(10-8-16)32(28,29)20-12-24(3)15(2)22-20/h5-6,11-12,16H,7-10,13H2,1-4H3,(H,23,26). The number of nitrogens with zero attached hydrogens (tertiary/aromatic N) is 3. The fourth-order valence-corrected chi connectivity index (χ4v) is 4.97. The van der Waals surface area contributed by atoms with Crippen LogP contribution in [-0.4, -0.2) is 61.0 Å². The van der Waals surface area contributed by atoms with E-state index in [-0.39, 0.29) is 18.1 Å². The number of aromatic nitrogens is 2. The average molecular weight is 465 g/mol. The van der Waals surface area contributed by atoms with Gasteiger partial charge >= 0.3 is 5.97 Å². The first-order valence-electron chi connectivity index (χ1n) is 10.2.